The molecule has 202 valence electrons. The van der Waals surface area contributed by atoms with Crippen LogP contribution in [0.15, 0.2) is 60.8 Å². The predicted octanol–water partition coefficient (Wildman–Crippen LogP) is 1.50. The quantitative estimate of drug-likeness (QED) is 0.199. The summed E-state index contributed by atoms with van der Waals surface area (Å²) < 4.78 is 0. The van der Waals surface area contributed by atoms with E-state index in [4.69, 9.17) is 5.73 Å². The topological polar surface area (TPSA) is 166 Å². The number of carboxylic acids is 1. The fourth-order valence-electron chi connectivity index (χ4n) is 4.21. The summed E-state index contributed by atoms with van der Waals surface area (Å²) in [5, 5.41) is 18.1. The van der Waals surface area contributed by atoms with Crippen molar-refractivity contribution >= 4 is 34.6 Å². The Bertz CT molecular complexity index is 1260. The predicted molar refractivity (Wildman–Crippen MR) is 144 cm³/mol. The van der Waals surface area contributed by atoms with Crippen LogP contribution in [-0.4, -0.2) is 58.5 Å². The number of nitrogens with two attached hydrogens (primary N) is 1. The van der Waals surface area contributed by atoms with Gasteiger partial charge in [-0.3, -0.25) is 14.4 Å². The van der Waals surface area contributed by atoms with E-state index in [9.17, 15) is 24.3 Å². The van der Waals surface area contributed by atoms with Crippen LogP contribution in [0, 0.1) is 5.92 Å². The van der Waals surface area contributed by atoms with Gasteiger partial charge in [-0.15, -0.1) is 0 Å². The number of hydrogen-bond donors (Lipinski definition) is 6. The van der Waals surface area contributed by atoms with Crippen LogP contribution in [0.25, 0.3) is 10.9 Å². The van der Waals surface area contributed by atoms with E-state index < -0.39 is 48.4 Å². The molecule has 1 heterocycles. The maximum absolute atomic E-state index is 13.1. The van der Waals surface area contributed by atoms with Gasteiger partial charge in [0, 0.05) is 29.9 Å². The van der Waals surface area contributed by atoms with Crippen LogP contribution < -0.4 is 21.7 Å². The van der Waals surface area contributed by atoms with E-state index in [0.29, 0.717) is 6.42 Å². The molecule has 0 spiro atoms. The minimum Gasteiger partial charge on any atom is -0.480 e. The molecule has 0 aliphatic rings. The van der Waals surface area contributed by atoms with Gasteiger partial charge in [-0.1, -0.05) is 62.4 Å². The van der Waals surface area contributed by atoms with E-state index in [1.54, 1.807) is 30.5 Å². The first-order valence-corrected chi connectivity index (χ1v) is 12.6. The number of carbonyl (C=O) groups excluding carboxylic acids is 3. The van der Waals surface area contributed by atoms with Gasteiger partial charge in [0.15, 0.2) is 0 Å². The average Bonchev–Trinajstić information content (AvgIpc) is 3.29. The maximum atomic E-state index is 13.1. The Balaban J connectivity index is 1.67. The van der Waals surface area contributed by atoms with Crippen molar-refractivity contribution in [2.24, 2.45) is 11.7 Å². The summed E-state index contributed by atoms with van der Waals surface area (Å²) in [7, 11) is 0. The minimum absolute atomic E-state index is 0.100. The molecule has 3 unspecified atom stereocenters. The Morgan fingerprint density at radius 3 is 2.26 bits per heavy atom. The molecule has 3 aromatic rings. The number of amides is 3. The molecule has 0 bridgehead atoms. The third-order valence-corrected chi connectivity index (χ3v) is 6.13. The van der Waals surface area contributed by atoms with Crippen LogP contribution >= 0.6 is 0 Å². The normalized spacial score (nSPS) is 13.5. The van der Waals surface area contributed by atoms with E-state index >= 15 is 0 Å². The smallest absolute Gasteiger partial charge is 0.326 e. The van der Waals surface area contributed by atoms with E-state index in [1.165, 1.54) is 0 Å². The molecule has 1 aromatic heterocycles. The molecule has 3 atom stereocenters. The van der Waals surface area contributed by atoms with Gasteiger partial charge in [-0.25, -0.2) is 4.79 Å². The third kappa shape index (κ3) is 8.17. The first-order chi connectivity index (χ1) is 18.1. The Kier molecular flexibility index (Phi) is 10.0. The Hall–Kier alpha value is -4.18. The molecule has 0 aliphatic carbocycles. The lowest BCUT2D eigenvalue weighted by molar-refractivity contribution is -0.141. The third-order valence-electron chi connectivity index (χ3n) is 6.13. The Labute approximate surface area is 221 Å². The molecular formula is C28H35N5O5. The summed E-state index contributed by atoms with van der Waals surface area (Å²) in [6.07, 6.45) is 2.50. The van der Waals surface area contributed by atoms with Crippen LogP contribution in [-0.2, 0) is 32.0 Å². The lowest BCUT2D eigenvalue weighted by atomic mass is 10.0. The van der Waals surface area contributed by atoms with Gasteiger partial charge in [0.25, 0.3) is 0 Å². The summed E-state index contributed by atoms with van der Waals surface area (Å²) >= 11 is 0. The summed E-state index contributed by atoms with van der Waals surface area (Å²) in [4.78, 5) is 53.2. The highest BCUT2D eigenvalue weighted by Gasteiger charge is 2.27. The van der Waals surface area contributed by atoms with Gasteiger partial charge >= 0.3 is 5.97 Å². The summed E-state index contributed by atoms with van der Waals surface area (Å²) in [6, 6.07) is 13.6. The molecule has 38 heavy (non-hydrogen) atoms. The first kappa shape index (κ1) is 28.4. The van der Waals surface area contributed by atoms with E-state index in [-0.39, 0.29) is 18.8 Å². The average molecular weight is 522 g/mol. The van der Waals surface area contributed by atoms with Crippen molar-refractivity contribution in [1.29, 1.82) is 0 Å². The van der Waals surface area contributed by atoms with E-state index in [0.717, 1.165) is 22.0 Å². The fourth-order valence-corrected chi connectivity index (χ4v) is 4.21. The molecule has 3 rings (SSSR count). The number of carboxylic acid groups (broad SMARTS) is 1. The maximum Gasteiger partial charge on any atom is 0.326 e. The number of aromatic amines is 1. The largest absolute Gasteiger partial charge is 0.480 e. The molecule has 2 aromatic carbocycles. The molecule has 3 amide bonds. The molecule has 0 saturated heterocycles. The number of rotatable bonds is 13. The minimum atomic E-state index is -1.18. The zero-order valence-corrected chi connectivity index (χ0v) is 21.6. The van der Waals surface area contributed by atoms with Crippen molar-refractivity contribution in [3.8, 4) is 0 Å². The molecular weight excluding hydrogens is 486 g/mol. The van der Waals surface area contributed by atoms with Gasteiger partial charge in [-0.05, 0) is 29.5 Å². The number of benzene rings is 2. The van der Waals surface area contributed by atoms with Gasteiger partial charge in [0.05, 0.1) is 12.6 Å². The molecule has 10 heteroatoms. The second kappa shape index (κ2) is 13.4. The zero-order chi connectivity index (χ0) is 27.7. The summed E-state index contributed by atoms with van der Waals surface area (Å²) in [5.41, 5.74) is 8.49. The Morgan fingerprint density at radius 1 is 0.895 bits per heavy atom. The van der Waals surface area contributed by atoms with E-state index in [1.807, 2.05) is 44.2 Å². The van der Waals surface area contributed by atoms with Crippen molar-refractivity contribution in [2.45, 2.75) is 51.2 Å². The fraction of sp³-hybridized carbons (Fsp3) is 0.357. The molecule has 7 N–H and O–H groups in total. The number of hydrogen-bond acceptors (Lipinski definition) is 5. The van der Waals surface area contributed by atoms with Crippen molar-refractivity contribution < 1.29 is 24.3 Å². The molecule has 10 nitrogen and oxygen atoms in total. The first-order valence-electron chi connectivity index (χ1n) is 12.6. The second-order valence-electron chi connectivity index (χ2n) is 9.73. The number of para-hydroxylation sites is 1. The lowest BCUT2D eigenvalue weighted by Crippen LogP contribution is -2.54. The highest BCUT2D eigenvalue weighted by Crippen LogP contribution is 2.19. The van der Waals surface area contributed by atoms with Crippen molar-refractivity contribution in [3.63, 3.8) is 0 Å². The highest BCUT2D eigenvalue weighted by molar-refractivity contribution is 5.93. The zero-order valence-electron chi connectivity index (χ0n) is 21.6. The van der Waals surface area contributed by atoms with Gasteiger partial charge in [0.1, 0.15) is 12.1 Å². The van der Waals surface area contributed by atoms with Gasteiger partial charge in [-0.2, -0.15) is 0 Å². The van der Waals surface area contributed by atoms with Crippen LogP contribution in [0.1, 0.15) is 31.4 Å². The van der Waals surface area contributed by atoms with Crippen LogP contribution in [0.4, 0.5) is 0 Å². The molecule has 0 fully saturated rings. The molecule has 0 saturated carbocycles. The number of nitrogens with one attached hydrogen (secondary N) is 4. The molecule has 0 aliphatic heterocycles. The summed E-state index contributed by atoms with van der Waals surface area (Å²) in [6.45, 7) is 3.45. The lowest BCUT2D eigenvalue weighted by Gasteiger charge is -2.22. The Morgan fingerprint density at radius 2 is 1.58 bits per heavy atom. The van der Waals surface area contributed by atoms with Crippen molar-refractivity contribution in [3.05, 3.63) is 71.9 Å². The van der Waals surface area contributed by atoms with Gasteiger partial charge < -0.3 is 31.8 Å². The highest BCUT2D eigenvalue weighted by atomic mass is 16.4. The van der Waals surface area contributed by atoms with Crippen LogP contribution in [0.5, 0.6) is 0 Å². The van der Waals surface area contributed by atoms with Crippen molar-refractivity contribution in [2.75, 3.05) is 6.54 Å². The number of aromatic nitrogens is 1. The van der Waals surface area contributed by atoms with Crippen LogP contribution in [0.2, 0.25) is 0 Å². The second-order valence-corrected chi connectivity index (χ2v) is 9.73. The SMILES string of the molecule is CC(C)CC(N)C(=O)NC(Cc1c[nH]c2ccccc12)C(=O)NCC(=O)NC(Cc1ccccc1)C(=O)O. The monoisotopic (exact) mass is 521 g/mol. The molecule has 0 radical (unpaired) electrons. The number of H-pyrrole nitrogens is 1. The van der Waals surface area contributed by atoms with Crippen molar-refractivity contribution in [1.82, 2.24) is 20.9 Å². The van der Waals surface area contributed by atoms with Crippen LogP contribution in [0.3, 0.4) is 0 Å². The number of aliphatic carboxylic acids is 1. The van der Waals surface area contributed by atoms with E-state index in [2.05, 4.69) is 20.9 Å². The standard InChI is InChI=1S/C28H35N5O5/c1-17(2)12-21(29)26(35)33-23(14-19-15-30-22-11-7-6-10-20(19)22)27(36)31-16-25(34)32-24(28(37)38)13-18-8-4-3-5-9-18/h3-11,15,17,21,23-24,30H,12-14,16,29H2,1-2H3,(H,31,36)(H,32,34)(H,33,35)(H,37,38). The number of carbonyl (C=O) groups is 4. The van der Waals surface area contributed by atoms with Gasteiger partial charge in [0.2, 0.25) is 17.7 Å². The number of fused-ring (bicyclic) bond motifs is 1. The summed E-state index contributed by atoms with van der Waals surface area (Å²) in [5.74, 6) is -2.69.